The molecule has 2 aromatic rings. The molecule has 0 bridgehead atoms. The molecule has 0 atom stereocenters. The molecule has 1 saturated heterocycles. The SMILES string of the molecule is COc1cc(C)c(S(=O)(=O)N2CCN(c3ccc(N(C)C)nn3)CC2)cc1C. The van der Waals surface area contributed by atoms with Crippen LogP contribution in [0, 0.1) is 13.8 Å². The lowest BCUT2D eigenvalue weighted by molar-refractivity contribution is 0.382. The fourth-order valence-corrected chi connectivity index (χ4v) is 5.00. The highest BCUT2D eigenvalue weighted by Crippen LogP contribution is 2.28. The van der Waals surface area contributed by atoms with E-state index >= 15 is 0 Å². The van der Waals surface area contributed by atoms with Gasteiger partial charge in [0.25, 0.3) is 0 Å². The molecule has 0 N–H and O–H groups in total. The number of anilines is 2. The summed E-state index contributed by atoms with van der Waals surface area (Å²) in [6.07, 6.45) is 0. The van der Waals surface area contributed by atoms with Crippen LogP contribution in [0.3, 0.4) is 0 Å². The maximum atomic E-state index is 13.2. The topological polar surface area (TPSA) is 78.9 Å². The zero-order valence-corrected chi connectivity index (χ0v) is 17.8. The number of aromatic nitrogens is 2. The smallest absolute Gasteiger partial charge is 0.243 e. The Bertz CT molecular complexity index is 937. The summed E-state index contributed by atoms with van der Waals surface area (Å²) in [6, 6.07) is 7.31. The van der Waals surface area contributed by atoms with E-state index in [9.17, 15) is 8.42 Å². The first-order valence-corrected chi connectivity index (χ1v) is 10.6. The largest absolute Gasteiger partial charge is 0.496 e. The van der Waals surface area contributed by atoms with Crippen LogP contribution in [-0.4, -0.2) is 70.3 Å². The van der Waals surface area contributed by atoms with Crippen molar-refractivity contribution >= 4 is 21.7 Å². The van der Waals surface area contributed by atoms with Crippen molar-refractivity contribution in [2.24, 2.45) is 0 Å². The zero-order chi connectivity index (χ0) is 20.5. The number of hydrogen-bond donors (Lipinski definition) is 0. The number of rotatable bonds is 5. The molecule has 1 fully saturated rings. The Labute approximate surface area is 166 Å². The Morgan fingerprint density at radius 1 is 1.00 bits per heavy atom. The van der Waals surface area contributed by atoms with Gasteiger partial charge in [-0.1, -0.05) is 0 Å². The van der Waals surface area contributed by atoms with Crippen molar-refractivity contribution in [2.75, 3.05) is 57.2 Å². The van der Waals surface area contributed by atoms with Crippen molar-refractivity contribution in [2.45, 2.75) is 18.7 Å². The molecular formula is C19H27N5O3S. The molecule has 28 heavy (non-hydrogen) atoms. The first-order valence-electron chi connectivity index (χ1n) is 9.15. The average molecular weight is 406 g/mol. The van der Waals surface area contributed by atoms with Gasteiger partial charge in [0.1, 0.15) is 5.75 Å². The molecule has 0 spiro atoms. The third-order valence-electron chi connectivity index (χ3n) is 4.97. The Kier molecular flexibility index (Phi) is 5.76. The number of benzene rings is 1. The Hall–Kier alpha value is -2.39. The summed E-state index contributed by atoms with van der Waals surface area (Å²) in [7, 11) is 1.86. The van der Waals surface area contributed by atoms with E-state index in [1.807, 2.05) is 38.1 Å². The molecule has 1 aliphatic heterocycles. The first-order chi connectivity index (χ1) is 13.2. The maximum Gasteiger partial charge on any atom is 0.243 e. The van der Waals surface area contributed by atoms with Crippen molar-refractivity contribution in [1.29, 1.82) is 0 Å². The Balaban J connectivity index is 1.74. The molecule has 0 unspecified atom stereocenters. The molecule has 1 aromatic heterocycles. The number of nitrogens with zero attached hydrogens (tertiary/aromatic N) is 5. The molecule has 0 aliphatic carbocycles. The minimum Gasteiger partial charge on any atom is -0.496 e. The predicted molar refractivity (Wildman–Crippen MR) is 110 cm³/mol. The normalized spacial score (nSPS) is 15.5. The summed E-state index contributed by atoms with van der Waals surface area (Å²) >= 11 is 0. The minimum absolute atomic E-state index is 0.342. The van der Waals surface area contributed by atoms with Gasteiger partial charge in [0.15, 0.2) is 11.6 Å². The third-order valence-corrected chi connectivity index (χ3v) is 7.01. The zero-order valence-electron chi connectivity index (χ0n) is 17.0. The van der Waals surface area contributed by atoms with Crippen LogP contribution in [0.4, 0.5) is 11.6 Å². The predicted octanol–water partition coefficient (Wildman–Crippen LogP) is 1.68. The molecule has 152 valence electrons. The van der Waals surface area contributed by atoms with Crippen LogP contribution in [0.1, 0.15) is 11.1 Å². The van der Waals surface area contributed by atoms with Gasteiger partial charge >= 0.3 is 0 Å². The van der Waals surface area contributed by atoms with E-state index in [0.717, 1.165) is 17.2 Å². The van der Waals surface area contributed by atoms with Crippen molar-refractivity contribution in [3.05, 3.63) is 35.4 Å². The fraction of sp³-hybridized carbons (Fsp3) is 0.474. The summed E-state index contributed by atoms with van der Waals surface area (Å²) in [5.74, 6) is 2.25. The molecule has 2 heterocycles. The molecule has 3 rings (SSSR count). The van der Waals surface area contributed by atoms with Crippen LogP contribution in [0.25, 0.3) is 0 Å². The number of piperazine rings is 1. The number of ether oxygens (including phenoxy) is 1. The highest BCUT2D eigenvalue weighted by atomic mass is 32.2. The van der Waals surface area contributed by atoms with Crippen molar-refractivity contribution in [3.63, 3.8) is 0 Å². The van der Waals surface area contributed by atoms with Crippen LogP contribution in [0.2, 0.25) is 0 Å². The van der Waals surface area contributed by atoms with E-state index in [4.69, 9.17) is 4.74 Å². The van der Waals surface area contributed by atoms with Gasteiger partial charge in [-0.3, -0.25) is 0 Å². The van der Waals surface area contributed by atoms with Gasteiger partial charge in [0.05, 0.1) is 12.0 Å². The van der Waals surface area contributed by atoms with E-state index in [-0.39, 0.29) is 0 Å². The van der Waals surface area contributed by atoms with Crippen molar-refractivity contribution in [3.8, 4) is 5.75 Å². The quantitative estimate of drug-likeness (QED) is 0.749. The van der Waals surface area contributed by atoms with Crippen molar-refractivity contribution < 1.29 is 13.2 Å². The van der Waals surface area contributed by atoms with Crippen molar-refractivity contribution in [1.82, 2.24) is 14.5 Å². The molecule has 1 aromatic carbocycles. The van der Waals surface area contributed by atoms with Gasteiger partial charge in [0, 0.05) is 40.3 Å². The average Bonchev–Trinajstić information content (AvgIpc) is 2.69. The molecule has 9 heteroatoms. The summed E-state index contributed by atoms with van der Waals surface area (Å²) in [6.45, 7) is 5.61. The van der Waals surface area contributed by atoms with Gasteiger partial charge < -0.3 is 14.5 Å². The van der Waals surface area contributed by atoms with Crippen LogP contribution < -0.4 is 14.5 Å². The second-order valence-corrected chi connectivity index (χ2v) is 9.03. The van der Waals surface area contributed by atoms with Crippen LogP contribution in [-0.2, 0) is 10.0 Å². The summed E-state index contributed by atoms with van der Waals surface area (Å²) in [4.78, 5) is 4.29. The van der Waals surface area contributed by atoms with Gasteiger partial charge in [-0.25, -0.2) is 8.42 Å². The standard InChI is InChI=1S/C19H27N5O3S/c1-14-13-17(15(2)12-16(14)27-5)28(25,26)24-10-8-23(9-11-24)19-7-6-18(20-21-19)22(3)4/h6-7,12-13H,8-11H2,1-5H3. The van der Waals surface area contributed by atoms with Gasteiger partial charge in [-0.2, -0.15) is 4.31 Å². The molecule has 0 amide bonds. The van der Waals surface area contributed by atoms with Gasteiger partial charge in [-0.05, 0) is 49.2 Å². The Morgan fingerprint density at radius 2 is 1.68 bits per heavy atom. The lowest BCUT2D eigenvalue weighted by Crippen LogP contribution is -2.49. The summed E-state index contributed by atoms with van der Waals surface area (Å²) in [5.41, 5.74) is 1.50. The lowest BCUT2D eigenvalue weighted by atomic mass is 10.1. The summed E-state index contributed by atoms with van der Waals surface area (Å²) < 4.78 is 33.1. The minimum atomic E-state index is -3.56. The number of aryl methyl sites for hydroxylation is 2. The monoisotopic (exact) mass is 405 g/mol. The number of methoxy groups -OCH3 is 1. The maximum absolute atomic E-state index is 13.2. The van der Waals surface area contributed by atoms with E-state index in [0.29, 0.717) is 42.4 Å². The fourth-order valence-electron chi connectivity index (χ4n) is 3.28. The highest BCUT2D eigenvalue weighted by Gasteiger charge is 2.30. The first kappa shape index (κ1) is 20.3. The van der Waals surface area contributed by atoms with Crippen LogP contribution in [0.5, 0.6) is 5.75 Å². The third kappa shape index (κ3) is 3.90. The molecule has 0 saturated carbocycles. The van der Waals surface area contributed by atoms with Gasteiger partial charge in [-0.15, -0.1) is 10.2 Å². The lowest BCUT2D eigenvalue weighted by Gasteiger charge is -2.34. The van der Waals surface area contributed by atoms with Crippen LogP contribution in [0.15, 0.2) is 29.2 Å². The van der Waals surface area contributed by atoms with Gasteiger partial charge in [0.2, 0.25) is 10.0 Å². The number of sulfonamides is 1. The Morgan fingerprint density at radius 3 is 2.21 bits per heavy atom. The second kappa shape index (κ2) is 7.92. The van der Waals surface area contributed by atoms with E-state index in [2.05, 4.69) is 15.1 Å². The molecule has 0 radical (unpaired) electrons. The second-order valence-electron chi connectivity index (χ2n) is 7.12. The highest BCUT2D eigenvalue weighted by molar-refractivity contribution is 7.89. The van der Waals surface area contributed by atoms with E-state index in [1.165, 1.54) is 0 Å². The number of hydrogen-bond acceptors (Lipinski definition) is 7. The molecule has 1 aliphatic rings. The van der Waals surface area contributed by atoms with E-state index in [1.54, 1.807) is 30.5 Å². The summed E-state index contributed by atoms with van der Waals surface area (Å²) in [5, 5.41) is 8.46. The molecule has 8 nitrogen and oxygen atoms in total. The van der Waals surface area contributed by atoms with Crippen LogP contribution >= 0.6 is 0 Å². The molecular weight excluding hydrogens is 378 g/mol. The van der Waals surface area contributed by atoms with E-state index < -0.39 is 10.0 Å².